The maximum atomic E-state index is 12.0. The molecule has 2 aromatic carbocycles. The molecule has 0 aromatic heterocycles. The zero-order chi connectivity index (χ0) is 18.9. The van der Waals surface area contributed by atoms with Crippen LogP contribution in [0.5, 0.6) is 0 Å². The van der Waals surface area contributed by atoms with Gasteiger partial charge in [0.05, 0.1) is 22.8 Å². The highest BCUT2D eigenvalue weighted by Crippen LogP contribution is 2.22. The van der Waals surface area contributed by atoms with Crippen molar-refractivity contribution >= 4 is 47.3 Å². The van der Waals surface area contributed by atoms with Gasteiger partial charge in [0.25, 0.3) is 11.8 Å². The molecule has 0 aliphatic rings. The molecule has 2 rings (SSSR count). The van der Waals surface area contributed by atoms with Gasteiger partial charge in [0, 0.05) is 5.56 Å². The van der Waals surface area contributed by atoms with Crippen LogP contribution in [0.2, 0.25) is 10.0 Å². The van der Waals surface area contributed by atoms with Gasteiger partial charge in [0.1, 0.15) is 0 Å². The van der Waals surface area contributed by atoms with Crippen molar-refractivity contribution in [1.82, 2.24) is 10.7 Å². The van der Waals surface area contributed by atoms with Crippen LogP contribution in [0.15, 0.2) is 59.2 Å². The van der Waals surface area contributed by atoms with E-state index in [-0.39, 0.29) is 11.6 Å². The molecular weight excluding hydrogens is 373 g/mol. The minimum Gasteiger partial charge on any atom is -0.343 e. The quantitative estimate of drug-likeness (QED) is 0.580. The lowest BCUT2D eigenvalue weighted by Gasteiger charge is -2.05. The molecule has 7 heteroatoms. The van der Waals surface area contributed by atoms with Crippen LogP contribution in [-0.4, -0.2) is 24.6 Å². The van der Waals surface area contributed by atoms with Gasteiger partial charge in [-0.1, -0.05) is 59.6 Å². The molecule has 0 aliphatic carbocycles. The normalized spacial score (nSPS) is 11.4. The van der Waals surface area contributed by atoms with Crippen LogP contribution in [0.4, 0.5) is 0 Å². The van der Waals surface area contributed by atoms with E-state index in [1.165, 1.54) is 24.4 Å². The zero-order valence-electron chi connectivity index (χ0n) is 14.0. The van der Waals surface area contributed by atoms with E-state index in [2.05, 4.69) is 15.8 Å². The summed E-state index contributed by atoms with van der Waals surface area (Å²) < 4.78 is 0. The highest BCUT2D eigenvalue weighted by atomic mass is 35.5. The standard InChI is InChI=1S/C19H17Cl2N3O2/c1-13(9-14-5-3-2-4-6-14)11-23-24-18(25)12-22-19(26)15-7-8-16(20)17(21)10-15/h2-11H,12H2,1H3,(H,22,26)(H,24,25)/b13-9-,23-11+. The van der Waals surface area contributed by atoms with Crippen molar-refractivity contribution < 1.29 is 9.59 Å². The van der Waals surface area contributed by atoms with Crippen molar-refractivity contribution in [2.24, 2.45) is 5.10 Å². The van der Waals surface area contributed by atoms with Gasteiger partial charge >= 0.3 is 0 Å². The molecule has 2 N–H and O–H groups in total. The summed E-state index contributed by atoms with van der Waals surface area (Å²) in [6.45, 7) is 1.66. The monoisotopic (exact) mass is 389 g/mol. The van der Waals surface area contributed by atoms with Crippen molar-refractivity contribution in [3.05, 3.63) is 75.3 Å². The fraction of sp³-hybridized carbons (Fsp3) is 0.105. The summed E-state index contributed by atoms with van der Waals surface area (Å²) in [4.78, 5) is 23.7. The molecule has 0 aliphatic heterocycles. The number of nitrogens with one attached hydrogen (secondary N) is 2. The van der Waals surface area contributed by atoms with E-state index < -0.39 is 11.8 Å². The van der Waals surface area contributed by atoms with Crippen LogP contribution >= 0.6 is 23.2 Å². The lowest BCUT2D eigenvalue weighted by Crippen LogP contribution is -2.34. The van der Waals surface area contributed by atoms with Crippen LogP contribution in [-0.2, 0) is 4.79 Å². The molecule has 0 unspecified atom stereocenters. The Balaban J connectivity index is 1.80. The second-order valence-electron chi connectivity index (χ2n) is 5.40. The predicted molar refractivity (Wildman–Crippen MR) is 106 cm³/mol. The minimum absolute atomic E-state index is 0.210. The van der Waals surface area contributed by atoms with Crippen molar-refractivity contribution in [3.63, 3.8) is 0 Å². The predicted octanol–water partition coefficient (Wildman–Crippen LogP) is 3.93. The molecule has 2 amide bonds. The molecule has 0 radical (unpaired) electrons. The van der Waals surface area contributed by atoms with Gasteiger partial charge in [-0.15, -0.1) is 0 Å². The van der Waals surface area contributed by atoms with E-state index in [1.54, 1.807) is 0 Å². The fourth-order valence-electron chi connectivity index (χ4n) is 2.00. The van der Waals surface area contributed by atoms with Gasteiger partial charge in [0.2, 0.25) is 0 Å². The summed E-state index contributed by atoms with van der Waals surface area (Å²) in [7, 11) is 0. The molecule has 0 heterocycles. The van der Waals surface area contributed by atoms with Crippen LogP contribution in [0.3, 0.4) is 0 Å². The van der Waals surface area contributed by atoms with Crippen molar-refractivity contribution in [2.75, 3.05) is 6.54 Å². The van der Waals surface area contributed by atoms with Gasteiger partial charge in [-0.3, -0.25) is 9.59 Å². The second kappa shape index (κ2) is 9.75. The number of carbonyl (C=O) groups is 2. The number of hydrazone groups is 1. The highest BCUT2D eigenvalue weighted by Gasteiger charge is 2.09. The van der Waals surface area contributed by atoms with Crippen molar-refractivity contribution in [2.45, 2.75) is 6.92 Å². The first-order valence-electron chi connectivity index (χ1n) is 7.74. The zero-order valence-corrected chi connectivity index (χ0v) is 15.5. The first-order valence-corrected chi connectivity index (χ1v) is 8.50. The van der Waals surface area contributed by atoms with Crippen LogP contribution < -0.4 is 10.7 Å². The van der Waals surface area contributed by atoms with E-state index in [1.807, 2.05) is 43.3 Å². The number of hydrogen-bond acceptors (Lipinski definition) is 3. The van der Waals surface area contributed by atoms with E-state index in [0.717, 1.165) is 11.1 Å². The number of benzene rings is 2. The summed E-state index contributed by atoms with van der Waals surface area (Å²) in [5.41, 5.74) is 4.58. The average molecular weight is 390 g/mol. The number of amides is 2. The maximum absolute atomic E-state index is 12.0. The van der Waals surface area contributed by atoms with E-state index in [0.29, 0.717) is 10.6 Å². The number of halogens is 2. The maximum Gasteiger partial charge on any atom is 0.259 e. The van der Waals surface area contributed by atoms with Crippen LogP contribution in [0.25, 0.3) is 6.08 Å². The highest BCUT2D eigenvalue weighted by molar-refractivity contribution is 6.42. The molecule has 0 fully saturated rings. The van der Waals surface area contributed by atoms with Crippen molar-refractivity contribution in [3.8, 4) is 0 Å². The molecular formula is C19H17Cl2N3O2. The summed E-state index contributed by atoms with van der Waals surface area (Å²) >= 11 is 11.7. The first-order chi connectivity index (χ1) is 12.5. The lowest BCUT2D eigenvalue weighted by atomic mass is 10.1. The van der Waals surface area contributed by atoms with Gasteiger partial charge in [-0.25, -0.2) is 5.43 Å². The van der Waals surface area contributed by atoms with Gasteiger partial charge in [-0.05, 0) is 36.3 Å². The number of carbonyl (C=O) groups excluding carboxylic acids is 2. The Labute approximate surface area is 161 Å². The molecule has 2 aromatic rings. The lowest BCUT2D eigenvalue weighted by molar-refractivity contribution is -0.120. The third kappa shape index (κ3) is 6.35. The first kappa shape index (κ1) is 19.7. The van der Waals surface area contributed by atoms with Crippen LogP contribution in [0.1, 0.15) is 22.8 Å². The largest absolute Gasteiger partial charge is 0.343 e. The Morgan fingerprint density at radius 1 is 1.08 bits per heavy atom. The molecule has 0 saturated heterocycles. The number of nitrogens with zero attached hydrogens (tertiary/aromatic N) is 1. The molecule has 5 nitrogen and oxygen atoms in total. The number of hydrogen-bond donors (Lipinski definition) is 2. The van der Waals surface area contributed by atoms with E-state index in [9.17, 15) is 9.59 Å². The molecule has 0 saturated carbocycles. The van der Waals surface area contributed by atoms with E-state index in [4.69, 9.17) is 23.2 Å². The molecule has 0 bridgehead atoms. The van der Waals surface area contributed by atoms with Gasteiger partial charge in [0.15, 0.2) is 0 Å². The Kier molecular flexibility index (Phi) is 7.38. The molecule has 0 spiro atoms. The Morgan fingerprint density at radius 3 is 2.50 bits per heavy atom. The third-order valence-electron chi connectivity index (χ3n) is 3.24. The van der Waals surface area contributed by atoms with Gasteiger partial charge in [-0.2, -0.15) is 5.10 Å². The van der Waals surface area contributed by atoms with Crippen LogP contribution in [0, 0.1) is 0 Å². The summed E-state index contributed by atoms with van der Waals surface area (Å²) in [5, 5.41) is 6.97. The summed E-state index contributed by atoms with van der Waals surface area (Å²) in [5.74, 6) is -0.870. The minimum atomic E-state index is -0.442. The van der Waals surface area contributed by atoms with E-state index >= 15 is 0 Å². The Hall–Kier alpha value is -2.63. The fourth-order valence-corrected chi connectivity index (χ4v) is 2.29. The molecule has 26 heavy (non-hydrogen) atoms. The van der Waals surface area contributed by atoms with Crippen molar-refractivity contribution in [1.29, 1.82) is 0 Å². The number of allylic oxidation sites excluding steroid dienone is 1. The van der Waals surface area contributed by atoms with Gasteiger partial charge < -0.3 is 5.32 Å². The summed E-state index contributed by atoms with van der Waals surface area (Å²) in [6, 6.07) is 14.2. The molecule has 0 atom stereocenters. The topological polar surface area (TPSA) is 70.6 Å². The number of rotatable bonds is 6. The summed E-state index contributed by atoms with van der Waals surface area (Å²) in [6.07, 6.45) is 3.47. The SMILES string of the molecule is CC(=C/c1ccccc1)/C=N/NC(=O)CNC(=O)c1ccc(Cl)c(Cl)c1. The smallest absolute Gasteiger partial charge is 0.259 e. The molecule has 134 valence electrons. The third-order valence-corrected chi connectivity index (χ3v) is 3.98. The second-order valence-corrected chi connectivity index (χ2v) is 6.22. The Bertz CT molecular complexity index is 849. The average Bonchev–Trinajstić information content (AvgIpc) is 2.62. The Morgan fingerprint density at radius 2 is 1.81 bits per heavy atom.